The van der Waals surface area contributed by atoms with E-state index in [-0.39, 0.29) is 30.2 Å². The van der Waals surface area contributed by atoms with E-state index in [9.17, 15) is 14.4 Å². The molecule has 0 spiro atoms. The Morgan fingerprint density at radius 1 is 1.14 bits per heavy atom. The maximum Gasteiger partial charge on any atom is 0.244 e. The van der Waals surface area contributed by atoms with Crippen molar-refractivity contribution in [2.45, 2.75) is 90.1 Å². The second kappa shape index (κ2) is 15.6. The first kappa shape index (κ1) is 32.1. The van der Waals surface area contributed by atoms with Crippen LogP contribution in [-0.2, 0) is 25.5 Å². The van der Waals surface area contributed by atoms with Crippen LogP contribution >= 0.6 is 11.3 Å². The van der Waals surface area contributed by atoms with Gasteiger partial charge in [0.2, 0.25) is 17.7 Å². The quantitative estimate of drug-likeness (QED) is 0.299. The molecule has 2 fully saturated rings. The lowest BCUT2D eigenvalue weighted by Crippen LogP contribution is -2.52. The van der Waals surface area contributed by atoms with E-state index >= 15 is 0 Å². The number of nitrogens with zero attached hydrogens (tertiary/aromatic N) is 2. The van der Waals surface area contributed by atoms with Gasteiger partial charge in [-0.1, -0.05) is 52.2 Å². The molecule has 2 heterocycles. The van der Waals surface area contributed by atoms with E-state index in [0.717, 1.165) is 54.0 Å². The van der Waals surface area contributed by atoms with Crippen molar-refractivity contribution in [3.8, 4) is 0 Å². The predicted molar refractivity (Wildman–Crippen MR) is 167 cm³/mol. The lowest BCUT2D eigenvalue weighted by molar-refractivity contribution is -0.129. The summed E-state index contributed by atoms with van der Waals surface area (Å²) in [5, 5.41) is 7.00. The van der Waals surface area contributed by atoms with Crippen LogP contribution < -0.4 is 16.4 Å². The van der Waals surface area contributed by atoms with E-state index < -0.39 is 11.9 Å². The third-order valence-electron chi connectivity index (χ3n) is 8.48. The molecule has 1 aromatic heterocycles. The summed E-state index contributed by atoms with van der Waals surface area (Å²) in [6, 6.07) is 5.28. The Hall–Kier alpha value is -2.82. The van der Waals surface area contributed by atoms with Gasteiger partial charge in [-0.05, 0) is 48.8 Å². The Balaban J connectivity index is 1.53. The lowest BCUT2D eigenvalue weighted by Gasteiger charge is -2.33. The number of fused-ring (bicyclic) bond motifs is 1. The molecule has 1 saturated heterocycles. The number of hydrogen-bond acceptors (Lipinski definition) is 7. The molecule has 3 amide bonds. The Morgan fingerprint density at radius 3 is 2.55 bits per heavy atom. The van der Waals surface area contributed by atoms with Crippen LogP contribution in [0, 0.1) is 5.92 Å². The number of rotatable bonds is 13. The van der Waals surface area contributed by atoms with Gasteiger partial charge in [-0.2, -0.15) is 0 Å². The molecule has 1 aliphatic carbocycles. The fourth-order valence-corrected chi connectivity index (χ4v) is 6.88. The van der Waals surface area contributed by atoms with Crippen molar-refractivity contribution in [2.75, 3.05) is 32.8 Å². The summed E-state index contributed by atoms with van der Waals surface area (Å²) < 4.78 is 6.52. The number of carbonyl (C=O) groups is 3. The number of primary amides is 1. The molecule has 1 saturated carbocycles. The van der Waals surface area contributed by atoms with Crippen molar-refractivity contribution in [1.29, 1.82) is 0 Å². The van der Waals surface area contributed by atoms with Gasteiger partial charge in [-0.15, -0.1) is 11.3 Å². The van der Waals surface area contributed by atoms with Gasteiger partial charge in [-0.3, -0.25) is 19.3 Å². The normalized spacial score (nSPS) is 18.6. The highest BCUT2D eigenvalue weighted by Gasteiger charge is 2.31. The van der Waals surface area contributed by atoms with Crippen LogP contribution in [0.2, 0.25) is 0 Å². The third kappa shape index (κ3) is 9.09. The van der Waals surface area contributed by atoms with Gasteiger partial charge < -0.3 is 21.1 Å². The van der Waals surface area contributed by atoms with Crippen LogP contribution in [0.4, 0.5) is 0 Å². The van der Waals surface area contributed by atoms with Crippen molar-refractivity contribution < 1.29 is 19.1 Å². The monoisotopic (exact) mass is 597 g/mol. The molecule has 1 aromatic carbocycles. The van der Waals surface area contributed by atoms with Gasteiger partial charge in [0.25, 0.3) is 0 Å². The molecule has 1 aliphatic heterocycles. The first-order chi connectivity index (χ1) is 20.2. The van der Waals surface area contributed by atoms with Crippen molar-refractivity contribution >= 4 is 39.3 Å². The first-order valence-electron chi connectivity index (χ1n) is 15.5. The minimum Gasteiger partial charge on any atom is -0.379 e. The minimum absolute atomic E-state index is 0.184. The molecular formula is C32H47N5O4S. The fraction of sp³-hybridized carbons (Fsp3) is 0.625. The Kier molecular flexibility index (Phi) is 11.9. The number of hydrogen-bond donors (Lipinski definition) is 3. The lowest BCUT2D eigenvalue weighted by atomic mass is 9.81. The van der Waals surface area contributed by atoms with Gasteiger partial charge in [0.05, 0.1) is 28.4 Å². The van der Waals surface area contributed by atoms with Gasteiger partial charge in [0.15, 0.2) is 0 Å². The fourth-order valence-electron chi connectivity index (χ4n) is 5.82. The van der Waals surface area contributed by atoms with E-state index in [4.69, 9.17) is 15.5 Å². The summed E-state index contributed by atoms with van der Waals surface area (Å²) in [7, 11) is 0. The van der Waals surface area contributed by atoms with E-state index in [1.807, 2.05) is 12.1 Å². The maximum atomic E-state index is 13.9. The topological polar surface area (TPSA) is 127 Å². The standard InChI is InChI=1S/C32H47N5O4S/c1-4-29(38)34-27(20-30-35-25-11-10-23(21(2)3)19-28(25)42-30)32(40)36-26(22-8-6-5-7-9-22)18-24(31(33)39)12-13-37-14-16-41-17-15-37/h10-12,19,21-22,26-27H,4-9,13-18,20H2,1-3H3,(H2,33,39)(H,34,38)(H,36,40)/t26-,27-/m0/s1. The molecule has 10 heteroatoms. The molecule has 2 atom stereocenters. The Bertz CT molecular complexity index is 1250. The van der Waals surface area contributed by atoms with Crippen molar-refractivity contribution in [1.82, 2.24) is 20.5 Å². The van der Waals surface area contributed by atoms with Gasteiger partial charge >= 0.3 is 0 Å². The van der Waals surface area contributed by atoms with Crippen LogP contribution in [0.15, 0.2) is 29.8 Å². The number of thiazole rings is 1. The smallest absolute Gasteiger partial charge is 0.244 e. The number of aromatic nitrogens is 1. The van der Waals surface area contributed by atoms with Crippen molar-refractivity contribution in [2.24, 2.45) is 11.7 Å². The molecule has 230 valence electrons. The van der Waals surface area contributed by atoms with Crippen LogP contribution in [0.1, 0.15) is 82.2 Å². The van der Waals surface area contributed by atoms with Crippen LogP contribution in [0.5, 0.6) is 0 Å². The van der Waals surface area contributed by atoms with Crippen molar-refractivity contribution in [3.05, 3.63) is 40.4 Å². The second-order valence-electron chi connectivity index (χ2n) is 11.9. The molecule has 9 nitrogen and oxygen atoms in total. The highest BCUT2D eigenvalue weighted by molar-refractivity contribution is 7.18. The predicted octanol–water partition coefficient (Wildman–Crippen LogP) is 4.06. The number of benzene rings is 1. The zero-order valence-electron chi connectivity index (χ0n) is 25.3. The number of ether oxygens (including phenoxy) is 1. The summed E-state index contributed by atoms with van der Waals surface area (Å²) in [6.07, 6.45) is 8.23. The summed E-state index contributed by atoms with van der Waals surface area (Å²) in [5.41, 5.74) is 8.53. The van der Waals surface area contributed by atoms with Crippen LogP contribution in [0.3, 0.4) is 0 Å². The third-order valence-corrected chi connectivity index (χ3v) is 9.52. The van der Waals surface area contributed by atoms with E-state index in [2.05, 4.69) is 41.5 Å². The number of nitrogens with one attached hydrogen (secondary N) is 2. The first-order valence-corrected chi connectivity index (χ1v) is 16.3. The summed E-state index contributed by atoms with van der Waals surface area (Å²) in [4.78, 5) is 45.9. The highest BCUT2D eigenvalue weighted by atomic mass is 32.1. The summed E-state index contributed by atoms with van der Waals surface area (Å²) in [5.74, 6) is -0.229. The van der Waals surface area contributed by atoms with Gasteiger partial charge in [-0.25, -0.2) is 4.98 Å². The molecule has 4 N–H and O–H groups in total. The molecule has 2 aromatic rings. The van der Waals surface area contributed by atoms with Crippen LogP contribution in [-0.4, -0.2) is 72.5 Å². The average Bonchev–Trinajstić information content (AvgIpc) is 3.40. The largest absolute Gasteiger partial charge is 0.379 e. The van der Waals surface area contributed by atoms with E-state index in [0.29, 0.717) is 44.1 Å². The molecular weight excluding hydrogens is 550 g/mol. The van der Waals surface area contributed by atoms with Crippen LogP contribution in [0.25, 0.3) is 10.2 Å². The molecule has 0 radical (unpaired) electrons. The summed E-state index contributed by atoms with van der Waals surface area (Å²) >= 11 is 1.56. The average molecular weight is 598 g/mol. The summed E-state index contributed by atoms with van der Waals surface area (Å²) in [6.45, 7) is 9.71. The minimum atomic E-state index is -0.761. The SMILES string of the molecule is CCC(=O)N[C@@H](Cc1nc2ccc(C(C)C)cc2s1)C(=O)N[C@@H](CC(=CCN1CCOCC1)C(N)=O)C1CCCCC1. The molecule has 4 rings (SSSR count). The van der Waals surface area contributed by atoms with E-state index in [1.165, 1.54) is 12.0 Å². The number of amides is 3. The molecule has 0 unspecified atom stereocenters. The number of carbonyl (C=O) groups excluding carboxylic acids is 3. The zero-order valence-corrected chi connectivity index (χ0v) is 26.1. The Labute approximate surface area is 253 Å². The maximum absolute atomic E-state index is 13.9. The van der Waals surface area contributed by atoms with E-state index in [1.54, 1.807) is 18.3 Å². The second-order valence-corrected chi connectivity index (χ2v) is 13.0. The molecule has 2 aliphatic rings. The molecule has 42 heavy (non-hydrogen) atoms. The Morgan fingerprint density at radius 2 is 1.88 bits per heavy atom. The van der Waals surface area contributed by atoms with Gasteiger partial charge in [0.1, 0.15) is 6.04 Å². The van der Waals surface area contributed by atoms with Gasteiger partial charge in [0, 0.05) is 44.1 Å². The number of nitrogens with two attached hydrogens (primary N) is 1. The van der Waals surface area contributed by atoms with Crippen molar-refractivity contribution in [3.63, 3.8) is 0 Å². The highest BCUT2D eigenvalue weighted by Crippen LogP contribution is 2.30. The number of morpholine rings is 1. The zero-order chi connectivity index (χ0) is 30.1. The molecule has 0 bridgehead atoms.